The largest absolute Gasteiger partial charge is 0.495 e. The van der Waals surface area contributed by atoms with Crippen LogP contribution in [0, 0.1) is 11.3 Å². The van der Waals surface area contributed by atoms with Gasteiger partial charge in [0.15, 0.2) is 0 Å². The summed E-state index contributed by atoms with van der Waals surface area (Å²) in [7, 11) is 3.47. The second-order valence-electron chi connectivity index (χ2n) is 4.61. The van der Waals surface area contributed by atoms with Crippen molar-refractivity contribution in [2.45, 2.75) is 13.2 Å². The van der Waals surface area contributed by atoms with Crippen LogP contribution in [0.25, 0.3) is 0 Å². The minimum Gasteiger partial charge on any atom is -0.495 e. The van der Waals surface area contributed by atoms with Gasteiger partial charge in [0.1, 0.15) is 24.2 Å². The van der Waals surface area contributed by atoms with Crippen LogP contribution in [0.3, 0.4) is 0 Å². The number of benzene rings is 2. The van der Waals surface area contributed by atoms with Crippen molar-refractivity contribution in [2.75, 3.05) is 14.2 Å². The molecule has 0 heterocycles. The number of hydrogen-bond donors (Lipinski definition) is 1. The molecule has 0 aliphatic heterocycles. The standard InChI is InChI=1S/C17H18N2O2/c1-19-11-13-3-6-16(7-4-13)21-12-14-5-8-17(20-2)15(9-14)10-18/h3-9,19H,11-12H2,1-2H3. The van der Waals surface area contributed by atoms with Gasteiger partial charge in [-0.25, -0.2) is 0 Å². The van der Waals surface area contributed by atoms with E-state index in [9.17, 15) is 0 Å². The van der Waals surface area contributed by atoms with Crippen LogP contribution < -0.4 is 14.8 Å². The fourth-order valence-electron chi connectivity index (χ4n) is 2.01. The third-order valence-electron chi connectivity index (χ3n) is 3.09. The summed E-state index contributed by atoms with van der Waals surface area (Å²) in [5, 5.41) is 12.2. The Morgan fingerprint density at radius 2 is 1.81 bits per heavy atom. The average molecular weight is 282 g/mol. The van der Waals surface area contributed by atoms with E-state index in [0.29, 0.717) is 17.9 Å². The van der Waals surface area contributed by atoms with Gasteiger partial charge < -0.3 is 14.8 Å². The van der Waals surface area contributed by atoms with Gasteiger partial charge in [-0.2, -0.15) is 5.26 Å². The van der Waals surface area contributed by atoms with E-state index >= 15 is 0 Å². The zero-order chi connectivity index (χ0) is 15.1. The summed E-state index contributed by atoms with van der Waals surface area (Å²) >= 11 is 0. The minimum absolute atomic E-state index is 0.421. The van der Waals surface area contributed by atoms with E-state index in [4.69, 9.17) is 14.7 Å². The lowest BCUT2D eigenvalue weighted by Gasteiger charge is -2.09. The molecule has 21 heavy (non-hydrogen) atoms. The van der Waals surface area contributed by atoms with Gasteiger partial charge in [0.2, 0.25) is 0 Å². The fraction of sp³-hybridized carbons (Fsp3) is 0.235. The van der Waals surface area contributed by atoms with Crippen molar-refractivity contribution in [3.63, 3.8) is 0 Å². The molecule has 0 saturated heterocycles. The molecule has 0 atom stereocenters. The molecule has 2 aromatic rings. The first-order chi connectivity index (χ1) is 10.3. The molecular formula is C17H18N2O2. The van der Waals surface area contributed by atoms with E-state index in [1.165, 1.54) is 5.56 Å². The zero-order valence-corrected chi connectivity index (χ0v) is 12.2. The van der Waals surface area contributed by atoms with Crippen LogP contribution >= 0.6 is 0 Å². The highest BCUT2D eigenvalue weighted by atomic mass is 16.5. The fourth-order valence-corrected chi connectivity index (χ4v) is 2.01. The first-order valence-electron chi connectivity index (χ1n) is 6.70. The number of nitrogens with zero attached hydrogens (tertiary/aromatic N) is 1. The normalized spacial score (nSPS) is 9.95. The molecule has 0 aliphatic rings. The Hall–Kier alpha value is -2.51. The molecule has 108 valence electrons. The molecule has 2 aromatic carbocycles. The molecule has 0 radical (unpaired) electrons. The van der Waals surface area contributed by atoms with Crippen molar-refractivity contribution >= 4 is 0 Å². The first kappa shape index (κ1) is 14.9. The average Bonchev–Trinajstić information content (AvgIpc) is 2.54. The smallest absolute Gasteiger partial charge is 0.136 e. The van der Waals surface area contributed by atoms with Crippen molar-refractivity contribution in [3.05, 3.63) is 59.2 Å². The molecule has 0 saturated carbocycles. The Balaban J connectivity index is 2.01. The lowest BCUT2D eigenvalue weighted by Crippen LogP contribution is -2.04. The van der Waals surface area contributed by atoms with E-state index in [1.54, 1.807) is 19.2 Å². The Kier molecular flexibility index (Phi) is 5.19. The van der Waals surface area contributed by atoms with E-state index < -0.39 is 0 Å². The van der Waals surface area contributed by atoms with Gasteiger partial charge in [-0.05, 0) is 42.4 Å². The lowest BCUT2D eigenvalue weighted by atomic mass is 10.1. The molecule has 0 aromatic heterocycles. The van der Waals surface area contributed by atoms with Crippen molar-refractivity contribution in [1.82, 2.24) is 5.32 Å². The molecule has 1 N–H and O–H groups in total. The molecule has 0 unspecified atom stereocenters. The van der Waals surface area contributed by atoms with Gasteiger partial charge in [0.25, 0.3) is 0 Å². The van der Waals surface area contributed by atoms with Gasteiger partial charge in [-0.3, -0.25) is 0 Å². The Labute approximate surface area is 124 Å². The molecule has 0 amide bonds. The minimum atomic E-state index is 0.421. The van der Waals surface area contributed by atoms with Gasteiger partial charge in [-0.1, -0.05) is 18.2 Å². The molecule has 0 bridgehead atoms. The number of ether oxygens (including phenoxy) is 2. The van der Waals surface area contributed by atoms with Crippen LogP contribution in [0.5, 0.6) is 11.5 Å². The number of rotatable bonds is 6. The summed E-state index contributed by atoms with van der Waals surface area (Å²) in [4.78, 5) is 0. The first-order valence-corrected chi connectivity index (χ1v) is 6.70. The van der Waals surface area contributed by atoms with Crippen LogP contribution in [0.1, 0.15) is 16.7 Å². The van der Waals surface area contributed by atoms with Crippen LogP contribution in [0.2, 0.25) is 0 Å². The lowest BCUT2D eigenvalue weighted by molar-refractivity contribution is 0.306. The molecule has 2 rings (SSSR count). The summed E-state index contributed by atoms with van der Waals surface area (Å²) in [6.45, 7) is 1.26. The zero-order valence-electron chi connectivity index (χ0n) is 12.2. The summed E-state index contributed by atoms with van der Waals surface area (Å²) in [6.07, 6.45) is 0. The van der Waals surface area contributed by atoms with Gasteiger partial charge >= 0.3 is 0 Å². The van der Waals surface area contributed by atoms with Crippen LogP contribution in [0.4, 0.5) is 0 Å². The Morgan fingerprint density at radius 1 is 1.10 bits per heavy atom. The molecule has 4 heteroatoms. The topological polar surface area (TPSA) is 54.3 Å². The quantitative estimate of drug-likeness (QED) is 0.885. The highest BCUT2D eigenvalue weighted by molar-refractivity contribution is 5.45. The van der Waals surface area contributed by atoms with Gasteiger partial charge in [0.05, 0.1) is 12.7 Å². The SMILES string of the molecule is CNCc1ccc(OCc2ccc(OC)c(C#N)c2)cc1. The van der Waals surface area contributed by atoms with Crippen molar-refractivity contribution in [1.29, 1.82) is 5.26 Å². The second kappa shape index (κ2) is 7.32. The summed E-state index contributed by atoms with van der Waals surface area (Å²) in [6, 6.07) is 15.5. The summed E-state index contributed by atoms with van der Waals surface area (Å²) < 4.78 is 10.8. The molecule has 0 fully saturated rings. The second-order valence-corrected chi connectivity index (χ2v) is 4.61. The maximum absolute atomic E-state index is 9.06. The van der Waals surface area contributed by atoms with E-state index in [-0.39, 0.29) is 0 Å². The van der Waals surface area contributed by atoms with Crippen LogP contribution in [-0.4, -0.2) is 14.2 Å². The number of nitrogens with one attached hydrogen (secondary N) is 1. The highest BCUT2D eigenvalue weighted by Gasteiger charge is 2.04. The predicted octanol–water partition coefficient (Wildman–Crippen LogP) is 2.87. The third-order valence-corrected chi connectivity index (χ3v) is 3.09. The van der Waals surface area contributed by atoms with E-state index in [1.807, 2.05) is 37.4 Å². The summed E-state index contributed by atoms with van der Waals surface area (Å²) in [5.74, 6) is 1.39. The van der Waals surface area contributed by atoms with Crippen LogP contribution in [0.15, 0.2) is 42.5 Å². The van der Waals surface area contributed by atoms with Crippen molar-refractivity contribution < 1.29 is 9.47 Å². The van der Waals surface area contributed by atoms with Crippen LogP contribution in [-0.2, 0) is 13.2 Å². The third kappa shape index (κ3) is 3.98. The number of nitriles is 1. The summed E-state index contributed by atoms with van der Waals surface area (Å²) in [5.41, 5.74) is 2.66. The maximum atomic E-state index is 9.06. The molecular weight excluding hydrogens is 264 g/mol. The number of hydrogen-bond acceptors (Lipinski definition) is 4. The Morgan fingerprint density at radius 3 is 2.43 bits per heavy atom. The molecule has 4 nitrogen and oxygen atoms in total. The van der Waals surface area contributed by atoms with Crippen molar-refractivity contribution in [2.24, 2.45) is 0 Å². The maximum Gasteiger partial charge on any atom is 0.136 e. The van der Waals surface area contributed by atoms with E-state index in [2.05, 4.69) is 11.4 Å². The Bertz CT molecular complexity index is 630. The van der Waals surface area contributed by atoms with Gasteiger partial charge in [0, 0.05) is 6.54 Å². The monoisotopic (exact) mass is 282 g/mol. The predicted molar refractivity (Wildman–Crippen MR) is 81.2 cm³/mol. The highest BCUT2D eigenvalue weighted by Crippen LogP contribution is 2.20. The van der Waals surface area contributed by atoms with Gasteiger partial charge in [-0.15, -0.1) is 0 Å². The van der Waals surface area contributed by atoms with E-state index in [0.717, 1.165) is 17.9 Å². The molecule has 0 spiro atoms. The van der Waals surface area contributed by atoms with Crippen molar-refractivity contribution in [3.8, 4) is 17.6 Å². The number of methoxy groups -OCH3 is 1. The molecule has 0 aliphatic carbocycles.